The van der Waals surface area contributed by atoms with Gasteiger partial charge in [0.05, 0.1) is 33.6 Å². The summed E-state index contributed by atoms with van der Waals surface area (Å²) >= 11 is 0. The summed E-state index contributed by atoms with van der Waals surface area (Å²) in [6, 6.07) is 126. The number of rotatable bonds is 10. The van der Waals surface area contributed by atoms with E-state index >= 15 is 0 Å². The Morgan fingerprint density at radius 2 is 0.670 bits per heavy atom. The third kappa shape index (κ3) is 9.51. The van der Waals surface area contributed by atoms with E-state index in [0.717, 1.165) is 135 Å². The zero-order chi connectivity index (χ0) is 69.9. The predicted molar refractivity (Wildman–Crippen MR) is 427 cm³/mol. The van der Waals surface area contributed by atoms with Gasteiger partial charge in [-0.05, 0) is 115 Å². The van der Waals surface area contributed by atoms with E-state index in [9.17, 15) is 0 Å². The molecule has 0 fully saturated rings. The van der Waals surface area contributed by atoms with Crippen LogP contribution < -0.4 is 9.47 Å². The third-order valence-corrected chi connectivity index (χ3v) is 22.5. The number of hydrogen-bond acceptors (Lipinski definition) is 6. The summed E-state index contributed by atoms with van der Waals surface area (Å²) < 4.78 is 14.6. The molecule has 6 heteroatoms. The quantitative estimate of drug-likeness (QED) is 0.136. The first kappa shape index (κ1) is 61.0. The molecule has 3 aliphatic carbocycles. The molecule has 14 aromatic carbocycles. The van der Waals surface area contributed by atoms with Crippen LogP contribution in [0.25, 0.3) is 123 Å². The Balaban J connectivity index is 0.672. The normalized spacial score (nSPS) is 17.0. The SMILES string of the molecule is C1=CC2c3ccccc3C3(c4ccccc4Oc4c(-c5cccc(-c6cc(-c7ccccc7)nc(-c7cccc(-c8ccc9c(c8)C8(c%10ccccc%10Oc%10c(-c%11cccc(-c%12cc(-c%13ccccc%13-c%13ccccc%13)nc(-c%13ccccc%13)n%12)c%11)cccc%108)c8ccccc8-9)c7)n6)c5)cccc43)C2C=C1. The summed E-state index contributed by atoms with van der Waals surface area (Å²) in [5.41, 5.74) is 28.3. The molecule has 4 unspecified atom stereocenters. The molecule has 0 N–H and O–H groups in total. The minimum Gasteiger partial charge on any atom is -0.456 e. The van der Waals surface area contributed by atoms with Gasteiger partial charge in [0.15, 0.2) is 11.6 Å². The van der Waals surface area contributed by atoms with Crippen molar-refractivity contribution in [3.05, 3.63) is 421 Å². The van der Waals surface area contributed by atoms with E-state index in [0.29, 0.717) is 11.6 Å². The van der Waals surface area contributed by atoms with E-state index in [1.54, 1.807) is 0 Å². The molecule has 0 saturated carbocycles. The van der Waals surface area contributed by atoms with Gasteiger partial charge in [0, 0.05) is 78.6 Å². The first-order valence-electron chi connectivity index (χ1n) is 36.4. The van der Waals surface area contributed by atoms with Crippen LogP contribution in [-0.2, 0) is 10.8 Å². The van der Waals surface area contributed by atoms with Gasteiger partial charge < -0.3 is 9.47 Å². The molecular formula is C100H64N4O2. The Bertz CT molecular complexity index is 6320. The molecule has 6 nitrogen and oxygen atoms in total. The Morgan fingerprint density at radius 1 is 0.236 bits per heavy atom. The number of allylic oxidation sites excluding steroid dienone is 4. The molecule has 106 heavy (non-hydrogen) atoms. The Kier molecular flexibility index (Phi) is 14.1. The molecule has 2 spiro atoms. The minimum absolute atomic E-state index is 0.164. The highest BCUT2D eigenvalue weighted by molar-refractivity contribution is 5.94. The zero-order valence-electron chi connectivity index (χ0n) is 57.6. The smallest absolute Gasteiger partial charge is 0.160 e. The van der Waals surface area contributed by atoms with Crippen molar-refractivity contribution in [2.24, 2.45) is 5.92 Å². The molecule has 0 saturated heterocycles. The highest BCUT2D eigenvalue weighted by Crippen LogP contribution is 2.67. The van der Waals surface area contributed by atoms with Gasteiger partial charge >= 0.3 is 0 Å². The van der Waals surface area contributed by atoms with Gasteiger partial charge in [0.25, 0.3) is 0 Å². The van der Waals surface area contributed by atoms with Crippen LogP contribution in [0.1, 0.15) is 50.4 Å². The lowest BCUT2D eigenvalue weighted by Crippen LogP contribution is -2.37. The topological polar surface area (TPSA) is 70.0 Å². The number of ether oxygens (including phenoxy) is 2. The standard InChI is InChI=1S/C100H64N4O2/c1-4-27-63(28-5-1)73-39-10-11-43-80(73)92-62-91(102-97(104-92)65-31-8-3-9-32-65)71-37-24-35-69(59-71)75-45-26-52-87-96(75)106-94-54-21-19-50-85(94)100(87)83-48-17-14-42-78(83)79-56-55-67(60-88(79)100)66-33-22-38-72(57-66)98-101-89(64-29-6-2-7-30-64)61-90(103-98)70-36-23-34-68(58-70)74-44-25-51-86-95(74)105-93-53-20-18-49-84(93)99(86)81-46-15-12-40-76(81)77-41-13-16-47-82(77)99/h1-62,76,81H. The second kappa shape index (κ2) is 24.5. The molecule has 5 aliphatic rings. The van der Waals surface area contributed by atoms with E-state index in [1.807, 2.05) is 18.2 Å². The largest absolute Gasteiger partial charge is 0.456 e. The number of benzene rings is 14. The van der Waals surface area contributed by atoms with Crippen molar-refractivity contribution in [2.75, 3.05) is 0 Å². The Hall–Kier alpha value is -13.7. The third-order valence-electron chi connectivity index (χ3n) is 22.5. The van der Waals surface area contributed by atoms with Gasteiger partial charge in [-0.1, -0.05) is 328 Å². The van der Waals surface area contributed by atoms with Crippen molar-refractivity contribution in [2.45, 2.75) is 16.7 Å². The lowest BCUT2D eigenvalue weighted by molar-refractivity contribution is 0.375. The predicted octanol–water partition coefficient (Wildman–Crippen LogP) is 24.7. The molecule has 4 atom stereocenters. The molecular weight excluding hydrogens is 1290 g/mol. The number of nitrogens with zero attached hydrogens (tertiary/aromatic N) is 4. The van der Waals surface area contributed by atoms with Crippen LogP contribution in [-0.4, -0.2) is 19.9 Å². The molecule has 21 rings (SSSR count). The van der Waals surface area contributed by atoms with Crippen LogP contribution in [0.2, 0.25) is 0 Å². The second-order valence-corrected chi connectivity index (χ2v) is 28.1. The maximum atomic E-state index is 7.36. The van der Waals surface area contributed by atoms with Crippen LogP contribution >= 0.6 is 0 Å². The van der Waals surface area contributed by atoms with Crippen LogP contribution in [0.15, 0.2) is 376 Å². The molecule has 4 heterocycles. The van der Waals surface area contributed by atoms with Gasteiger partial charge in [-0.25, -0.2) is 19.9 Å². The van der Waals surface area contributed by atoms with E-state index in [-0.39, 0.29) is 11.8 Å². The van der Waals surface area contributed by atoms with Gasteiger partial charge in [-0.3, -0.25) is 0 Å². The molecule has 496 valence electrons. The molecule has 0 amide bonds. The molecule has 0 radical (unpaired) electrons. The summed E-state index contributed by atoms with van der Waals surface area (Å²) in [5.74, 6) is 5.08. The number of aromatic nitrogens is 4. The summed E-state index contributed by atoms with van der Waals surface area (Å²) in [5, 5.41) is 0. The highest BCUT2D eigenvalue weighted by Gasteiger charge is 2.57. The van der Waals surface area contributed by atoms with Crippen molar-refractivity contribution in [3.63, 3.8) is 0 Å². The first-order valence-corrected chi connectivity index (χ1v) is 36.4. The van der Waals surface area contributed by atoms with Crippen molar-refractivity contribution < 1.29 is 9.47 Å². The molecule has 2 aromatic heterocycles. The lowest BCUT2D eigenvalue weighted by atomic mass is 9.61. The van der Waals surface area contributed by atoms with Crippen LogP contribution in [0.4, 0.5) is 0 Å². The lowest BCUT2D eigenvalue weighted by Gasteiger charge is -2.43. The van der Waals surface area contributed by atoms with Crippen molar-refractivity contribution in [3.8, 4) is 146 Å². The zero-order valence-corrected chi connectivity index (χ0v) is 57.6. The van der Waals surface area contributed by atoms with Crippen LogP contribution in [0.3, 0.4) is 0 Å². The fourth-order valence-electron chi connectivity index (χ4n) is 18.0. The van der Waals surface area contributed by atoms with Gasteiger partial charge in [0.2, 0.25) is 0 Å². The minimum atomic E-state index is -0.765. The monoisotopic (exact) mass is 1350 g/mol. The van der Waals surface area contributed by atoms with Gasteiger partial charge in [0.1, 0.15) is 23.0 Å². The number of fused-ring (bicyclic) bond motifs is 18. The van der Waals surface area contributed by atoms with Gasteiger partial charge in [-0.15, -0.1) is 0 Å². The fraction of sp³-hybridized carbons (Fsp3) is 0.0400. The van der Waals surface area contributed by atoms with Gasteiger partial charge in [-0.2, -0.15) is 0 Å². The molecule has 0 bridgehead atoms. The maximum Gasteiger partial charge on any atom is 0.160 e. The molecule has 2 aliphatic heterocycles. The van der Waals surface area contributed by atoms with E-state index in [4.69, 9.17) is 29.4 Å². The van der Waals surface area contributed by atoms with Crippen molar-refractivity contribution >= 4 is 0 Å². The average Bonchev–Trinajstić information content (AvgIpc) is 1.48. The van der Waals surface area contributed by atoms with E-state index < -0.39 is 10.8 Å². The second-order valence-electron chi connectivity index (χ2n) is 28.1. The summed E-state index contributed by atoms with van der Waals surface area (Å²) in [6.07, 6.45) is 9.24. The Morgan fingerprint density at radius 3 is 1.38 bits per heavy atom. The number of para-hydroxylation sites is 4. The van der Waals surface area contributed by atoms with Crippen LogP contribution in [0, 0.1) is 5.92 Å². The van der Waals surface area contributed by atoms with Crippen LogP contribution in [0.5, 0.6) is 23.0 Å². The Labute approximate surface area is 615 Å². The van der Waals surface area contributed by atoms with Crippen molar-refractivity contribution in [1.82, 2.24) is 19.9 Å². The summed E-state index contributed by atoms with van der Waals surface area (Å²) in [4.78, 5) is 21.6. The summed E-state index contributed by atoms with van der Waals surface area (Å²) in [7, 11) is 0. The first-order chi connectivity index (χ1) is 52.5. The fourth-order valence-corrected chi connectivity index (χ4v) is 18.0. The average molecular weight is 1350 g/mol. The highest BCUT2D eigenvalue weighted by atomic mass is 16.5. The molecule has 16 aromatic rings. The van der Waals surface area contributed by atoms with E-state index in [2.05, 4.69) is 358 Å². The number of hydrogen-bond donors (Lipinski definition) is 0. The van der Waals surface area contributed by atoms with Crippen molar-refractivity contribution in [1.29, 1.82) is 0 Å². The van der Waals surface area contributed by atoms with E-state index in [1.165, 1.54) is 44.5 Å². The maximum absolute atomic E-state index is 7.36. The summed E-state index contributed by atoms with van der Waals surface area (Å²) in [6.45, 7) is 0.